The Morgan fingerprint density at radius 1 is 0.204 bits per heavy atom. The number of rotatable bonds is 39. The lowest BCUT2D eigenvalue weighted by Crippen LogP contribution is -1.97. The highest BCUT2D eigenvalue weighted by atomic mass is 16.5. The summed E-state index contributed by atoms with van der Waals surface area (Å²) in [6, 6.07) is 65.4. The lowest BCUT2D eigenvalue weighted by molar-refractivity contribution is 0.304. The Hall–Kier alpha value is -7.83. The lowest BCUT2D eigenvalue weighted by atomic mass is 10.0. The van der Waals surface area contributed by atoms with Gasteiger partial charge < -0.3 is 14.2 Å². The SMILES string of the molecule is CCCCCCCOc1ccc(-c2ccc(CCc3ccc(CCCC)cn3)cc2)cc1.CCCCCCOc1ccc(-c2ccc(CCc3ccc(CCCC)cn3)cc2)cc1.CCCCCOc1ccc(-c2ccc(CCc3ccc(CCCC)cn3)cc2)cc1. The van der Waals surface area contributed by atoms with Crippen LogP contribution < -0.4 is 14.2 Å². The highest BCUT2D eigenvalue weighted by Crippen LogP contribution is 2.27. The largest absolute Gasteiger partial charge is 0.494 e. The maximum absolute atomic E-state index is 5.89. The molecule has 93 heavy (non-hydrogen) atoms. The van der Waals surface area contributed by atoms with Crippen LogP contribution in [0.4, 0.5) is 0 Å². The minimum Gasteiger partial charge on any atom is -0.494 e. The zero-order valence-electron chi connectivity index (χ0n) is 57.8. The summed E-state index contributed by atoms with van der Waals surface area (Å²) in [6.07, 6.45) is 37.8. The van der Waals surface area contributed by atoms with Crippen LogP contribution in [0.2, 0.25) is 0 Å². The van der Waals surface area contributed by atoms with Crippen molar-refractivity contribution >= 4 is 0 Å². The fourth-order valence-corrected chi connectivity index (χ4v) is 11.2. The number of hydrogen-bond donors (Lipinski definition) is 0. The molecular weight excluding hydrogens is 1130 g/mol. The lowest BCUT2D eigenvalue weighted by Gasteiger charge is -2.08. The van der Waals surface area contributed by atoms with Gasteiger partial charge in [0.15, 0.2) is 0 Å². The van der Waals surface area contributed by atoms with Gasteiger partial charge in [0.05, 0.1) is 19.8 Å². The first-order valence-electron chi connectivity index (χ1n) is 36.1. The van der Waals surface area contributed by atoms with Crippen molar-refractivity contribution in [1.82, 2.24) is 15.0 Å². The minimum absolute atomic E-state index is 0.804. The molecule has 3 heterocycles. The topological polar surface area (TPSA) is 66.4 Å². The van der Waals surface area contributed by atoms with E-state index in [-0.39, 0.29) is 0 Å². The molecule has 0 fully saturated rings. The molecule has 9 aromatic rings. The molecule has 0 atom stereocenters. The molecule has 0 saturated carbocycles. The highest BCUT2D eigenvalue weighted by molar-refractivity contribution is 5.66. The summed E-state index contributed by atoms with van der Waals surface area (Å²) >= 11 is 0. The zero-order valence-corrected chi connectivity index (χ0v) is 57.8. The molecule has 0 bridgehead atoms. The van der Waals surface area contributed by atoms with Crippen molar-refractivity contribution in [1.29, 1.82) is 0 Å². The number of nitrogens with zero attached hydrogens (tertiary/aromatic N) is 3. The van der Waals surface area contributed by atoms with Crippen LogP contribution in [0.5, 0.6) is 17.2 Å². The van der Waals surface area contributed by atoms with Crippen molar-refractivity contribution in [2.75, 3.05) is 19.8 Å². The minimum atomic E-state index is 0.804. The maximum atomic E-state index is 5.89. The van der Waals surface area contributed by atoms with E-state index in [4.69, 9.17) is 14.2 Å². The van der Waals surface area contributed by atoms with Crippen LogP contribution in [-0.4, -0.2) is 34.8 Å². The molecule has 492 valence electrons. The van der Waals surface area contributed by atoms with Gasteiger partial charge in [-0.25, -0.2) is 0 Å². The van der Waals surface area contributed by atoms with Crippen LogP contribution >= 0.6 is 0 Å². The van der Waals surface area contributed by atoms with Gasteiger partial charge in [-0.1, -0.05) is 246 Å². The second kappa shape index (κ2) is 43.9. The predicted molar refractivity (Wildman–Crippen MR) is 395 cm³/mol. The van der Waals surface area contributed by atoms with Gasteiger partial charge in [-0.05, 0) is 218 Å². The van der Waals surface area contributed by atoms with Crippen molar-refractivity contribution < 1.29 is 14.2 Å². The van der Waals surface area contributed by atoms with Crippen LogP contribution in [0.15, 0.2) is 201 Å². The Morgan fingerprint density at radius 2 is 0.430 bits per heavy atom. The average Bonchev–Trinajstić information content (AvgIpc) is 1.72. The van der Waals surface area contributed by atoms with E-state index in [0.717, 1.165) is 114 Å². The van der Waals surface area contributed by atoms with Crippen molar-refractivity contribution in [3.05, 3.63) is 251 Å². The van der Waals surface area contributed by atoms with E-state index in [1.165, 1.54) is 180 Å². The Bertz CT molecular complexity index is 3320. The maximum Gasteiger partial charge on any atom is 0.119 e. The fraction of sp³-hybridized carbons (Fsp3) is 0.414. The Morgan fingerprint density at radius 3 is 0.688 bits per heavy atom. The second-order valence-electron chi connectivity index (χ2n) is 25.2. The third-order valence-electron chi connectivity index (χ3n) is 17.3. The number of aromatic nitrogens is 3. The molecule has 0 saturated heterocycles. The third-order valence-corrected chi connectivity index (χ3v) is 17.3. The Labute approximate surface area is 562 Å². The van der Waals surface area contributed by atoms with Gasteiger partial charge in [0.2, 0.25) is 0 Å². The standard InChI is InChI=1S/C30H39NO.C29H37NO.C28H35NO/c1-3-5-7-8-9-23-32-30-21-17-28(18-22-30)27-15-11-25(12-16-27)13-19-29-20-14-26(24-31-29)10-6-4-2;1-3-5-7-8-22-31-29-20-16-27(17-21-29)26-14-10-24(11-15-26)12-18-28-19-13-25(23-30-28)9-6-4-2;1-3-5-7-21-30-28-19-15-26(16-20-28)25-13-9-23(10-14-25)11-17-27-18-12-24(22-29-27)8-6-4-2/h11-12,14-18,20-22,24H,3-10,13,19,23H2,1-2H3;10-11,13-17,19-21,23H,3-9,12,18,22H2,1-2H3;9-10,12-16,18-20,22H,3-8,11,17,21H2,1-2H3. The molecule has 0 aliphatic carbocycles. The summed E-state index contributed by atoms with van der Waals surface area (Å²) in [5, 5.41) is 0. The molecule has 6 nitrogen and oxygen atoms in total. The zero-order chi connectivity index (χ0) is 65.2. The highest BCUT2D eigenvalue weighted by Gasteiger charge is 2.07. The van der Waals surface area contributed by atoms with E-state index in [9.17, 15) is 0 Å². The van der Waals surface area contributed by atoms with E-state index in [1.807, 2.05) is 18.6 Å². The fourth-order valence-electron chi connectivity index (χ4n) is 11.2. The summed E-state index contributed by atoms with van der Waals surface area (Å²) in [4.78, 5) is 13.9. The number of pyridine rings is 3. The van der Waals surface area contributed by atoms with E-state index in [0.29, 0.717) is 0 Å². The van der Waals surface area contributed by atoms with Crippen LogP contribution in [0, 0.1) is 0 Å². The second-order valence-corrected chi connectivity index (χ2v) is 25.2. The summed E-state index contributed by atoms with van der Waals surface area (Å²) < 4.78 is 17.6. The molecule has 6 heteroatoms. The molecule has 6 aromatic carbocycles. The average molecular weight is 1250 g/mol. The van der Waals surface area contributed by atoms with Crippen molar-refractivity contribution in [3.8, 4) is 50.6 Å². The summed E-state index contributed by atoms with van der Waals surface area (Å²) in [5.41, 5.74) is 19.1. The normalized spacial score (nSPS) is 10.9. The molecule has 0 aliphatic heterocycles. The van der Waals surface area contributed by atoms with Gasteiger partial charge in [0.1, 0.15) is 17.2 Å². The van der Waals surface area contributed by atoms with Crippen LogP contribution in [0.3, 0.4) is 0 Å². The Balaban J connectivity index is 0.000000198. The van der Waals surface area contributed by atoms with Gasteiger partial charge in [-0.15, -0.1) is 0 Å². The van der Waals surface area contributed by atoms with Crippen molar-refractivity contribution in [3.63, 3.8) is 0 Å². The van der Waals surface area contributed by atoms with Gasteiger partial charge in [-0.3, -0.25) is 15.0 Å². The molecule has 0 N–H and O–H groups in total. The number of aryl methyl sites for hydroxylation is 9. The summed E-state index contributed by atoms with van der Waals surface area (Å²) in [6.45, 7) is 15.8. The molecule has 0 unspecified atom stereocenters. The van der Waals surface area contributed by atoms with E-state index in [1.54, 1.807) is 0 Å². The van der Waals surface area contributed by atoms with Crippen LogP contribution in [0.1, 0.15) is 208 Å². The molecule has 3 aromatic heterocycles. The van der Waals surface area contributed by atoms with Crippen molar-refractivity contribution in [2.24, 2.45) is 0 Å². The molecule has 0 aliphatic rings. The monoisotopic (exact) mass is 1250 g/mol. The quantitative estimate of drug-likeness (QED) is 0.0358. The third kappa shape index (κ3) is 28.1. The first kappa shape index (κ1) is 72.6. The van der Waals surface area contributed by atoms with Crippen LogP contribution in [-0.2, 0) is 57.8 Å². The van der Waals surface area contributed by atoms with E-state index < -0.39 is 0 Å². The summed E-state index contributed by atoms with van der Waals surface area (Å²) in [7, 11) is 0. The first-order chi connectivity index (χ1) is 45.8. The van der Waals surface area contributed by atoms with E-state index in [2.05, 4.69) is 238 Å². The number of unbranched alkanes of at least 4 members (excludes halogenated alkanes) is 12. The van der Waals surface area contributed by atoms with Gasteiger partial charge in [0.25, 0.3) is 0 Å². The molecule has 0 amide bonds. The Kier molecular flexibility index (Phi) is 34.3. The molecule has 9 rings (SSSR count). The van der Waals surface area contributed by atoms with Gasteiger partial charge >= 0.3 is 0 Å². The van der Waals surface area contributed by atoms with Gasteiger partial charge in [-0.2, -0.15) is 0 Å². The first-order valence-corrected chi connectivity index (χ1v) is 36.1. The molecule has 0 radical (unpaired) electrons. The predicted octanol–water partition coefficient (Wildman–Crippen LogP) is 23.5. The summed E-state index contributed by atoms with van der Waals surface area (Å²) in [5.74, 6) is 2.89. The smallest absolute Gasteiger partial charge is 0.119 e. The van der Waals surface area contributed by atoms with Crippen molar-refractivity contribution in [2.45, 2.75) is 215 Å². The van der Waals surface area contributed by atoms with Gasteiger partial charge in [0, 0.05) is 35.7 Å². The number of benzene rings is 6. The number of hydrogen-bond acceptors (Lipinski definition) is 6. The van der Waals surface area contributed by atoms with Crippen LogP contribution in [0.25, 0.3) is 33.4 Å². The van der Waals surface area contributed by atoms with E-state index >= 15 is 0 Å². The molecular formula is C87H111N3O3. The molecule has 0 spiro atoms. The number of ether oxygens (including phenoxy) is 3.